The molecule has 4 rings (SSSR count). The highest BCUT2D eigenvalue weighted by atomic mass is 32.2. The number of nitrogens with two attached hydrogens (primary N) is 1. The van der Waals surface area contributed by atoms with Gasteiger partial charge < -0.3 is 16.4 Å². The summed E-state index contributed by atoms with van der Waals surface area (Å²) in [6, 6.07) is 8.75. The van der Waals surface area contributed by atoms with Gasteiger partial charge in [0.2, 0.25) is 0 Å². The molecule has 2 aromatic carbocycles. The molecule has 2 heterocycles. The first-order chi connectivity index (χ1) is 15.7. The van der Waals surface area contributed by atoms with Crippen molar-refractivity contribution < 1.29 is 18.0 Å². The molecule has 0 fully saturated rings. The number of carbonyl (C=O) groups excluding carboxylic acids is 1. The average Bonchev–Trinajstić information content (AvgIpc) is 3.15. The maximum Gasteiger partial charge on any atom is 0.323 e. The molecule has 0 aliphatic heterocycles. The number of aromatic nitrogens is 3. The fourth-order valence-corrected chi connectivity index (χ4v) is 3.80. The van der Waals surface area contributed by atoms with Crippen LogP contribution in [-0.2, 0) is 5.92 Å². The Kier molecular flexibility index (Phi) is 5.90. The largest absolute Gasteiger partial charge is 0.382 e. The number of imidazole rings is 1. The number of alkyl halides is 2. The molecule has 2 aromatic heterocycles. The number of urea groups is 1. The molecule has 0 atom stereocenters. The number of nitrogens with zero attached hydrogens (tertiary/aromatic N) is 3. The van der Waals surface area contributed by atoms with Crippen LogP contribution in [0.5, 0.6) is 0 Å². The topological polar surface area (TPSA) is 97.3 Å². The Morgan fingerprint density at radius 3 is 2.55 bits per heavy atom. The standard InChI is InChI=1S/C22H19F3N6OS/c1-22(24,25)13-5-8-15(23)16(11-13)29-20(32)28-14-6-3-12(4-7-14)17-18-19(26)27-9-10-31(18)21(30-17)33-2/h3-11H,1-2H3,(H2,26,27)(H2,28,29,32). The molecule has 7 nitrogen and oxygen atoms in total. The first kappa shape index (κ1) is 22.5. The Hall–Kier alpha value is -3.73. The van der Waals surface area contributed by atoms with Crippen LogP contribution in [0.15, 0.2) is 60.0 Å². The number of hydrogen-bond acceptors (Lipinski definition) is 5. The van der Waals surface area contributed by atoms with E-state index in [1.807, 2.05) is 10.7 Å². The van der Waals surface area contributed by atoms with E-state index >= 15 is 0 Å². The van der Waals surface area contributed by atoms with Gasteiger partial charge in [-0.2, -0.15) is 0 Å². The molecular weight excluding hydrogens is 453 g/mol. The number of halogens is 3. The van der Waals surface area contributed by atoms with Crippen molar-refractivity contribution in [1.29, 1.82) is 0 Å². The number of thioether (sulfide) groups is 1. The SMILES string of the molecule is CSc1nc(-c2ccc(NC(=O)Nc3cc(C(C)(F)F)ccc3F)cc2)c2c(N)nccn12. The predicted octanol–water partition coefficient (Wildman–Crippen LogP) is 5.60. The number of fused-ring (bicyclic) bond motifs is 1. The Morgan fingerprint density at radius 2 is 1.88 bits per heavy atom. The normalized spacial score (nSPS) is 11.5. The molecule has 0 spiro atoms. The van der Waals surface area contributed by atoms with Gasteiger partial charge in [0.25, 0.3) is 5.92 Å². The van der Waals surface area contributed by atoms with Gasteiger partial charge in [-0.3, -0.25) is 4.40 Å². The van der Waals surface area contributed by atoms with Crippen LogP contribution in [0.25, 0.3) is 16.8 Å². The number of carbonyl (C=O) groups is 1. The highest BCUT2D eigenvalue weighted by Crippen LogP contribution is 2.32. The fourth-order valence-electron chi connectivity index (χ4n) is 3.27. The van der Waals surface area contributed by atoms with E-state index in [4.69, 9.17) is 5.73 Å². The number of rotatable bonds is 5. The van der Waals surface area contributed by atoms with E-state index < -0.39 is 23.3 Å². The zero-order valence-corrected chi connectivity index (χ0v) is 18.4. The molecule has 11 heteroatoms. The monoisotopic (exact) mass is 472 g/mol. The fraction of sp³-hybridized carbons (Fsp3) is 0.136. The molecule has 0 aliphatic carbocycles. The highest BCUT2D eigenvalue weighted by Gasteiger charge is 2.25. The lowest BCUT2D eigenvalue weighted by Crippen LogP contribution is -2.20. The summed E-state index contributed by atoms with van der Waals surface area (Å²) in [5.74, 6) is -3.65. The number of amides is 2. The molecule has 0 saturated heterocycles. The van der Waals surface area contributed by atoms with Crippen LogP contribution in [0.4, 0.5) is 35.2 Å². The molecule has 2 amide bonds. The van der Waals surface area contributed by atoms with E-state index in [-0.39, 0.29) is 5.69 Å². The quantitative estimate of drug-likeness (QED) is 0.329. The third-order valence-corrected chi connectivity index (χ3v) is 5.52. The maximum absolute atomic E-state index is 14.0. The van der Waals surface area contributed by atoms with Gasteiger partial charge in [0, 0.05) is 36.1 Å². The van der Waals surface area contributed by atoms with Gasteiger partial charge in [-0.1, -0.05) is 30.0 Å². The van der Waals surface area contributed by atoms with Gasteiger partial charge in [-0.05, 0) is 30.5 Å². The van der Waals surface area contributed by atoms with Crippen molar-refractivity contribution in [1.82, 2.24) is 14.4 Å². The molecule has 4 N–H and O–H groups in total. The van der Waals surface area contributed by atoms with Crippen molar-refractivity contribution in [2.24, 2.45) is 0 Å². The summed E-state index contributed by atoms with van der Waals surface area (Å²) in [4.78, 5) is 21.0. The summed E-state index contributed by atoms with van der Waals surface area (Å²) < 4.78 is 42.8. The lowest BCUT2D eigenvalue weighted by atomic mass is 10.1. The summed E-state index contributed by atoms with van der Waals surface area (Å²) in [7, 11) is 0. The van der Waals surface area contributed by atoms with E-state index in [0.29, 0.717) is 29.6 Å². The Bertz CT molecular complexity index is 1330. The van der Waals surface area contributed by atoms with Crippen LogP contribution in [-0.4, -0.2) is 26.7 Å². The first-order valence-corrected chi connectivity index (χ1v) is 10.9. The van der Waals surface area contributed by atoms with Crippen LogP contribution in [0.3, 0.4) is 0 Å². The molecular formula is C22H19F3N6OS. The third-order valence-electron chi connectivity index (χ3n) is 4.87. The van der Waals surface area contributed by atoms with Gasteiger partial charge >= 0.3 is 6.03 Å². The summed E-state index contributed by atoms with van der Waals surface area (Å²) in [6.07, 6.45) is 5.27. The minimum Gasteiger partial charge on any atom is -0.382 e. The average molecular weight is 472 g/mol. The van der Waals surface area contributed by atoms with Gasteiger partial charge in [-0.15, -0.1) is 0 Å². The second kappa shape index (κ2) is 8.66. The maximum atomic E-state index is 14.0. The third kappa shape index (κ3) is 4.58. The van der Waals surface area contributed by atoms with Gasteiger partial charge in [-0.25, -0.2) is 27.9 Å². The Balaban J connectivity index is 1.54. The predicted molar refractivity (Wildman–Crippen MR) is 123 cm³/mol. The minimum absolute atomic E-state index is 0.337. The van der Waals surface area contributed by atoms with E-state index in [9.17, 15) is 18.0 Å². The van der Waals surface area contributed by atoms with Crippen molar-refractivity contribution in [2.75, 3.05) is 22.6 Å². The zero-order chi connectivity index (χ0) is 23.8. The van der Waals surface area contributed by atoms with Gasteiger partial charge in [0.05, 0.1) is 5.69 Å². The molecule has 0 aliphatic rings. The van der Waals surface area contributed by atoms with E-state index in [2.05, 4.69) is 20.6 Å². The molecule has 4 aromatic rings. The number of nitrogen functional groups attached to an aromatic ring is 1. The van der Waals surface area contributed by atoms with E-state index in [1.54, 1.807) is 36.7 Å². The molecule has 0 unspecified atom stereocenters. The summed E-state index contributed by atoms with van der Waals surface area (Å²) in [5, 5.41) is 5.55. The van der Waals surface area contributed by atoms with Crippen LogP contribution >= 0.6 is 11.8 Å². The van der Waals surface area contributed by atoms with Crippen molar-refractivity contribution >= 4 is 40.5 Å². The number of hydrogen-bond donors (Lipinski definition) is 3. The van der Waals surface area contributed by atoms with Gasteiger partial charge in [0.1, 0.15) is 22.8 Å². The van der Waals surface area contributed by atoms with E-state index in [1.165, 1.54) is 11.8 Å². The number of nitrogens with one attached hydrogen (secondary N) is 2. The van der Waals surface area contributed by atoms with Crippen LogP contribution in [0.1, 0.15) is 12.5 Å². The van der Waals surface area contributed by atoms with Crippen molar-refractivity contribution in [3.63, 3.8) is 0 Å². The second-order valence-corrected chi connectivity index (χ2v) is 7.99. The van der Waals surface area contributed by atoms with Crippen molar-refractivity contribution in [3.8, 4) is 11.3 Å². The molecule has 0 bridgehead atoms. The first-order valence-electron chi connectivity index (χ1n) is 9.70. The van der Waals surface area contributed by atoms with Crippen molar-refractivity contribution in [3.05, 3.63) is 66.2 Å². The Morgan fingerprint density at radius 1 is 1.15 bits per heavy atom. The minimum atomic E-state index is -3.16. The van der Waals surface area contributed by atoms with Crippen LogP contribution < -0.4 is 16.4 Å². The van der Waals surface area contributed by atoms with Crippen LogP contribution in [0, 0.1) is 5.82 Å². The highest BCUT2D eigenvalue weighted by molar-refractivity contribution is 7.98. The van der Waals surface area contributed by atoms with Gasteiger partial charge in [0.15, 0.2) is 5.16 Å². The second-order valence-electron chi connectivity index (χ2n) is 7.22. The summed E-state index contributed by atoms with van der Waals surface area (Å²) >= 11 is 1.46. The molecule has 0 radical (unpaired) electrons. The lowest BCUT2D eigenvalue weighted by Gasteiger charge is -2.14. The molecule has 33 heavy (non-hydrogen) atoms. The smallest absolute Gasteiger partial charge is 0.323 e. The summed E-state index contributed by atoms with van der Waals surface area (Å²) in [5.41, 5.74) is 7.77. The lowest BCUT2D eigenvalue weighted by molar-refractivity contribution is 0.0174. The van der Waals surface area contributed by atoms with E-state index in [0.717, 1.165) is 28.9 Å². The number of anilines is 3. The van der Waals surface area contributed by atoms with Crippen molar-refractivity contribution in [2.45, 2.75) is 18.0 Å². The number of benzene rings is 2. The zero-order valence-electron chi connectivity index (χ0n) is 17.6. The summed E-state index contributed by atoms with van der Waals surface area (Å²) in [6.45, 7) is 0.695. The molecule has 0 saturated carbocycles. The Labute approximate surface area is 191 Å². The van der Waals surface area contributed by atoms with Crippen LogP contribution in [0.2, 0.25) is 0 Å². The molecule has 170 valence electrons.